The normalized spacial score (nSPS) is 11.2. The molecule has 0 spiro atoms. The van der Waals surface area contributed by atoms with E-state index in [0.717, 1.165) is 24.8 Å². The van der Waals surface area contributed by atoms with Crippen molar-refractivity contribution in [1.82, 2.24) is 5.32 Å². The van der Waals surface area contributed by atoms with Crippen molar-refractivity contribution in [3.8, 4) is 5.75 Å². The Hall–Kier alpha value is -1.54. The van der Waals surface area contributed by atoms with Gasteiger partial charge in [0.25, 0.3) is 0 Å². The molecule has 0 heterocycles. The second-order valence-electron chi connectivity index (χ2n) is 5.33. The average Bonchev–Trinajstić information content (AvgIpc) is 2.42. The van der Waals surface area contributed by atoms with Crippen LogP contribution in [-0.4, -0.2) is 13.7 Å². The molecule has 0 aromatic heterocycles. The molecule has 2 heteroatoms. The third-order valence-electron chi connectivity index (χ3n) is 3.41. The maximum Gasteiger partial charge on any atom is 0.126 e. The minimum absolute atomic E-state index is 0.750. The Labute approximate surface area is 115 Å². The summed E-state index contributed by atoms with van der Waals surface area (Å²) < 4.78 is 5.42. The molecule has 102 valence electrons. The summed E-state index contributed by atoms with van der Waals surface area (Å²) in [6, 6.07) is 12.6. The van der Waals surface area contributed by atoms with Crippen LogP contribution in [0.15, 0.2) is 36.4 Å². The first kappa shape index (κ1) is 13.9. The molecule has 0 aliphatic heterocycles. The lowest BCUT2D eigenvalue weighted by Gasteiger charge is -2.11. The standard InChI is InChI=1S/C17H23NO/c1-13(2)10-11-18-12-14-6-4-8-16-15(14)7-5-9-17(16)19-3/h4-9,13,18H,10-12H2,1-3H3. The smallest absolute Gasteiger partial charge is 0.126 e. The molecule has 2 aromatic carbocycles. The van der Waals surface area contributed by atoms with Gasteiger partial charge in [0.05, 0.1) is 7.11 Å². The van der Waals surface area contributed by atoms with E-state index in [0.29, 0.717) is 0 Å². The van der Waals surface area contributed by atoms with Gasteiger partial charge in [-0.15, -0.1) is 0 Å². The lowest BCUT2D eigenvalue weighted by atomic mass is 10.0. The fourth-order valence-electron chi connectivity index (χ4n) is 2.29. The summed E-state index contributed by atoms with van der Waals surface area (Å²) in [5.41, 5.74) is 1.33. The number of nitrogens with one attached hydrogen (secondary N) is 1. The van der Waals surface area contributed by atoms with Gasteiger partial charge >= 0.3 is 0 Å². The second-order valence-corrected chi connectivity index (χ2v) is 5.33. The summed E-state index contributed by atoms with van der Waals surface area (Å²) >= 11 is 0. The van der Waals surface area contributed by atoms with Gasteiger partial charge in [0.1, 0.15) is 5.75 Å². The molecule has 0 fully saturated rings. The van der Waals surface area contributed by atoms with E-state index >= 15 is 0 Å². The van der Waals surface area contributed by atoms with E-state index in [1.54, 1.807) is 7.11 Å². The summed E-state index contributed by atoms with van der Waals surface area (Å²) in [4.78, 5) is 0. The first-order valence-corrected chi connectivity index (χ1v) is 6.97. The lowest BCUT2D eigenvalue weighted by Crippen LogP contribution is -2.16. The summed E-state index contributed by atoms with van der Waals surface area (Å²) in [6.45, 7) is 6.49. The number of ether oxygens (including phenoxy) is 1. The molecule has 0 saturated carbocycles. The highest BCUT2D eigenvalue weighted by Gasteiger charge is 2.04. The average molecular weight is 257 g/mol. The van der Waals surface area contributed by atoms with Crippen molar-refractivity contribution in [3.63, 3.8) is 0 Å². The number of rotatable bonds is 6. The zero-order chi connectivity index (χ0) is 13.7. The van der Waals surface area contributed by atoms with Gasteiger partial charge < -0.3 is 10.1 Å². The molecule has 0 bridgehead atoms. The van der Waals surface area contributed by atoms with Crippen LogP contribution in [0.4, 0.5) is 0 Å². The van der Waals surface area contributed by atoms with Crippen molar-refractivity contribution >= 4 is 10.8 Å². The van der Waals surface area contributed by atoms with Crippen LogP contribution >= 0.6 is 0 Å². The molecule has 0 unspecified atom stereocenters. The van der Waals surface area contributed by atoms with Gasteiger partial charge in [-0.2, -0.15) is 0 Å². The number of methoxy groups -OCH3 is 1. The highest BCUT2D eigenvalue weighted by atomic mass is 16.5. The molecule has 0 atom stereocenters. The van der Waals surface area contributed by atoms with Crippen LogP contribution in [0, 0.1) is 5.92 Å². The Morgan fingerprint density at radius 2 is 1.79 bits per heavy atom. The van der Waals surface area contributed by atoms with E-state index in [1.165, 1.54) is 22.8 Å². The first-order valence-electron chi connectivity index (χ1n) is 6.97. The van der Waals surface area contributed by atoms with E-state index in [-0.39, 0.29) is 0 Å². The van der Waals surface area contributed by atoms with Crippen LogP contribution in [0.5, 0.6) is 5.75 Å². The SMILES string of the molecule is COc1cccc2c(CNCCC(C)C)cccc12. The second kappa shape index (κ2) is 6.58. The molecule has 2 rings (SSSR count). The van der Waals surface area contributed by atoms with Gasteiger partial charge in [0, 0.05) is 11.9 Å². The van der Waals surface area contributed by atoms with E-state index in [2.05, 4.69) is 49.5 Å². The van der Waals surface area contributed by atoms with Crippen LogP contribution in [0.1, 0.15) is 25.8 Å². The molecule has 2 nitrogen and oxygen atoms in total. The molecule has 19 heavy (non-hydrogen) atoms. The zero-order valence-electron chi connectivity index (χ0n) is 12.1. The van der Waals surface area contributed by atoms with Crippen LogP contribution in [0.25, 0.3) is 10.8 Å². The lowest BCUT2D eigenvalue weighted by molar-refractivity contribution is 0.420. The van der Waals surface area contributed by atoms with E-state index in [4.69, 9.17) is 4.74 Å². The van der Waals surface area contributed by atoms with Crippen molar-refractivity contribution in [1.29, 1.82) is 0 Å². The summed E-state index contributed by atoms with van der Waals surface area (Å²) in [6.07, 6.45) is 1.22. The Balaban J connectivity index is 2.15. The van der Waals surface area contributed by atoms with Crippen molar-refractivity contribution in [2.24, 2.45) is 5.92 Å². The highest BCUT2D eigenvalue weighted by molar-refractivity contribution is 5.90. The molecule has 2 aromatic rings. The molecular weight excluding hydrogens is 234 g/mol. The predicted octanol–water partition coefficient (Wildman–Crippen LogP) is 3.98. The molecule has 0 amide bonds. The van der Waals surface area contributed by atoms with E-state index in [9.17, 15) is 0 Å². The van der Waals surface area contributed by atoms with Gasteiger partial charge in [-0.05, 0) is 35.9 Å². The minimum Gasteiger partial charge on any atom is -0.496 e. The minimum atomic E-state index is 0.750. The highest BCUT2D eigenvalue weighted by Crippen LogP contribution is 2.27. The van der Waals surface area contributed by atoms with Crippen LogP contribution < -0.4 is 10.1 Å². The van der Waals surface area contributed by atoms with Crippen LogP contribution in [0.2, 0.25) is 0 Å². The Bertz CT molecular complexity index is 534. The third-order valence-corrected chi connectivity index (χ3v) is 3.41. The van der Waals surface area contributed by atoms with Crippen molar-refractivity contribution < 1.29 is 4.74 Å². The molecular formula is C17H23NO. The predicted molar refractivity (Wildman–Crippen MR) is 81.7 cm³/mol. The topological polar surface area (TPSA) is 21.3 Å². The molecule has 0 radical (unpaired) electrons. The molecule has 0 saturated heterocycles. The number of hydrogen-bond acceptors (Lipinski definition) is 2. The number of fused-ring (bicyclic) bond motifs is 1. The Kier molecular flexibility index (Phi) is 4.80. The van der Waals surface area contributed by atoms with Crippen molar-refractivity contribution in [3.05, 3.63) is 42.0 Å². The van der Waals surface area contributed by atoms with Crippen LogP contribution in [-0.2, 0) is 6.54 Å². The first-order chi connectivity index (χ1) is 9.22. The zero-order valence-corrected chi connectivity index (χ0v) is 12.1. The summed E-state index contributed by atoms with van der Waals surface area (Å²) in [7, 11) is 1.72. The number of benzene rings is 2. The maximum atomic E-state index is 5.42. The fourth-order valence-corrected chi connectivity index (χ4v) is 2.29. The Morgan fingerprint density at radius 3 is 2.53 bits per heavy atom. The molecule has 0 aliphatic rings. The summed E-state index contributed by atoms with van der Waals surface area (Å²) in [5, 5.41) is 5.99. The fraction of sp³-hybridized carbons (Fsp3) is 0.412. The van der Waals surface area contributed by atoms with Gasteiger partial charge in [-0.25, -0.2) is 0 Å². The molecule has 1 N–H and O–H groups in total. The third kappa shape index (κ3) is 3.48. The monoisotopic (exact) mass is 257 g/mol. The quantitative estimate of drug-likeness (QED) is 0.790. The van der Waals surface area contributed by atoms with E-state index < -0.39 is 0 Å². The van der Waals surface area contributed by atoms with Gasteiger partial charge in [0.2, 0.25) is 0 Å². The van der Waals surface area contributed by atoms with Crippen molar-refractivity contribution in [2.75, 3.05) is 13.7 Å². The largest absolute Gasteiger partial charge is 0.496 e. The van der Waals surface area contributed by atoms with Gasteiger partial charge in [0.15, 0.2) is 0 Å². The summed E-state index contributed by atoms with van der Waals surface area (Å²) in [5.74, 6) is 1.70. The van der Waals surface area contributed by atoms with Crippen LogP contribution in [0.3, 0.4) is 0 Å². The number of hydrogen-bond donors (Lipinski definition) is 1. The van der Waals surface area contributed by atoms with Gasteiger partial charge in [-0.3, -0.25) is 0 Å². The van der Waals surface area contributed by atoms with Crippen molar-refractivity contribution in [2.45, 2.75) is 26.8 Å². The molecule has 0 aliphatic carbocycles. The Morgan fingerprint density at radius 1 is 1.05 bits per heavy atom. The maximum absolute atomic E-state index is 5.42. The van der Waals surface area contributed by atoms with E-state index in [1.807, 2.05) is 6.07 Å². The van der Waals surface area contributed by atoms with Gasteiger partial charge in [-0.1, -0.05) is 44.2 Å².